The van der Waals surface area contributed by atoms with Crippen LogP contribution in [0.25, 0.3) is 17.2 Å². The Labute approximate surface area is 166 Å². The molecule has 0 spiro atoms. The molecule has 3 aromatic heterocycles. The molecular formula is C20H17ClN6O. The summed E-state index contributed by atoms with van der Waals surface area (Å²) in [7, 11) is 0. The SMILES string of the molecule is C[C@@H]1c2nnc(-c3cn4ccccc4n3)n2CCN1C(=O)c1ccc(Cl)cc1. The number of hydrogen-bond donors (Lipinski definition) is 0. The molecule has 0 radical (unpaired) electrons. The van der Waals surface area contributed by atoms with Crippen LogP contribution in [0.2, 0.25) is 5.02 Å². The average Bonchev–Trinajstić information content (AvgIpc) is 3.32. The van der Waals surface area contributed by atoms with Crippen LogP contribution >= 0.6 is 11.6 Å². The highest BCUT2D eigenvalue weighted by molar-refractivity contribution is 6.30. The van der Waals surface area contributed by atoms with E-state index in [0.29, 0.717) is 23.7 Å². The van der Waals surface area contributed by atoms with Crippen LogP contribution in [-0.4, -0.2) is 41.5 Å². The van der Waals surface area contributed by atoms with Gasteiger partial charge in [0, 0.05) is 36.1 Å². The minimum absolute atomic E-state index is 0.0345. The molecule has 1 atom stereocenters. The molecule has 1 aliphatic rings. The number of nitrogens with zero attached hydrogens (tertiary/aromatic N) is 6. The van der Waals surface area contributed by atoms with E-state index < -0.39 is 0 Å². The number of carbonyl (C=O) groups excluding carboxylic acids is 1. The number of amides is 1. The number of rotatable bonds is 2. The van der Waals surface area contributed by atoms with Gasteiger partial charge in [-0.05, 0) is 43.3 Å². The summed E-state index contributed by atoms with van der Waals surface area (Å²) in [6, 6.07) is 12.6. The van der Waals surface area contributed by atoms with Crippen LogP contribution in [0.15, 0.2) is 54.9 Å². The van der Waals surface area contributed by atoms with Gasteiger partial charge in [-0.3, -0.25) is 4.79 Å². The van der Waals surface area contributed by atoms with E-state index in [1.807, 2.05) is 46.8 Å². The number of benzene rings is 1. The van der Waals surface area contributed by atoms with E-state index in [0.717, 1.165) is 23.0 Å². The van der Waals surface area contributed by atoms with E-state index in [4.69, 9.17) is 11.6 Å². The number of carbonyl (C=O) groups is 1. The summed E-state index contributed by atoms with van der Waals surface area (Å²) in [5, 5.41) is 9.36. The second-order valence-corrected chi connectivity index (χ2v) is 7.24. The summed E-state index contributed by atoms with van der Waals surface area (Å²) in [6.45, 7) is 3.17. The van der Waals surface area contributed by atoms with E-state index in [9.17, 15) is 4.79 Å². The van der Waals surface area contributed by atoms with E-state index >= 15 is 0 Å². The van der Waals surface area contributed by atoms with Crippen molar-refractivity contribution in [1.82, 2.24) is 29.0 Å². The van der Waals surface area contributed by atoms with Crippen LogP contribution in [0.3, 0.4) is 0 Å². The summed E-state index contributed by atoms with van der Waals surface area (Å²) in [6.07, 6.45) is 3.90. The zero-order valence-corrected chi connectivity index (χ0v) is 15.9. The van der Waals surface area contributed by atoms with E-state index in [1.165, 1.54) is 0 Å². The Kier molecular flexibility index (Phi) is 3.91. The summed E-state index contributed by atoms with van der Waals surface area (Å²) in [4.78, 5) is 19.4. The molecule has 0 aliphatic carbocycles. The van der Waals surface area contributed by atoms with Gasteiger partial charge < -0.3 is 13.9 Å². The van der Waals surface area contributed by atoms with Crippen molar-refractivity contribution >= 4 is 23.2 Å². The fourth-order valence-electron chi connectivity index (χ4n) is 3.65. The van der Waals surface area contributed by atoms with Crippen molar-refractivity contribution in [3.63, 3.8) is 0 Å². The molecule has 7 nitrogen and oxygen atoms in total. The monoisotopic (exact) mass is 392 g/mol. The van der Waals surface area contributed by atoms with Gasteiger partial charge in [0.25, 0.3) is 5.91 Å². The van der Waals surface area contributed by atoms with Gasteiger partial charge in [0.1, 0.15) is 11.3 Å². The van der Waals surface area contributed by atoms with Crippen molar-refractivity contribution in [2.45, 2.75) is 19.5 Å². The molecule has 4 aromatic rings. The first-order valence-corrected chi connectivity index (χ1v) is 9.43. The normalized spacial score (nSPS) is 16.4. The van der Waals surface area contributed by atoms with Crippen molar-refractivity contribution in [3.05, 3.63) is 71.3 Å². The first-order valence-electron chi connectivity index (χ1n) is 9.05. The zero-order chi connectivity index (χ0) is 19.3. The Morgan fingerprint density at radius 3 is 2.71 bits per heavy atom. The summed E-state index contributed by atoms with van der Waals surface area (Å²) in [5.41, 5.74) is 2.25. The third-order valence-corrected chi connectivity index (χ3v) is 5.38. The minimum Gasteiger partial charge on any atom is -0.327 e. The van der Waals surface area contributed by atoms with Crippen molar-refractivity contribution in [1.29, 1.82) is 0 Å². The Morgan fingerprint density at radius 1 is 1.11 bits per heavy atom. The Balaban J connectivity index is 1.47. The van der Waals surface area contributed by atoms with E-state index in [2.05, 4.69) is 19.7 Å². The Morgan fingerprint density at radius 2 is 1.93 bits per heavy atom. The smallest absolute Gasteiger partial charge is 0.254 e. The van der Waals surface area contributed by atoms with Gasteiger partial charge in [0.2, 0.25) is 0 Å². The Bertz CT molecular complexity index is 1150. The highest BCUT2D eigenvalue weighted by Gasteiger charge is 2.32. The largest absolute Gasteiger partial charge is 0.327 e. The maximum atomic E-state index is 12.9. The van der Waals surface area contributed by atoms with Gasteiger partial charge in [-0.15, -0.1) is 10.2 Å². The van der Waals surface area contributed by atoms with Crippen molar-refractivity contribution in [2.75, 3.05) is 6.54 Å². The number of hydrogen-bond acceptors (Lipinski definition) is 4. The van der Waals surface area contributed by atoms with Gasteiger partial charge in [0.05, 0.1) is 6.04 Å². The molecule has 1 amide bonds. The molecule has 0 fully saturated rings. The molecule has 28 heavy (non-hydrogen) atoms. The van der Waals surface area contributed by atoms with Crippen LogP contribution < -0.4 is 0 Å². The van der Waals surface area contributed by atoms with Crippen LogP contribution in [-0.2, 0) is 6.54 Å². The Hall–Kier alpha value is -3.19. The zero-order valence-electron chi connectivity index (χ0n) is 15.2. The van der Waals surface area contributed by atoms with Gasteiger partial charge >= 0.3 is 0 Å². The second kappa shape index (κ2) is 6.45. The van der Waals surface area contributed by atoms with Crippen LogP contribution in [0, 0.1) is 0 Å². The molecule has 0 bridgehead atoms. The molecule has 0 saturated heterocycles. The van der Waals surface area contributed by atoms with Gasteiger partial charge in [-0.2, -0.15) is 0 Å². The molecule has 1 aromatic carbocycles. The number of imidazole rings is 1. The van der Waals surface area contributed by atoms with Crippen molar-refractivity contribution in [2.24, 2.45) is 0 Å². The first kappa shape index (κ1) is 16.9. The van der Waals surface area contributed by atoms with Crippen LogP contribution in [0.1, 0.15) is 29.1 Å². The minimum atomic E-state index is -0.185. The first-order chi connectivity index (χ1) is 13.6. The second-order valence-electron chi connectivity index (χ2n) is 6.81. The van der Waals surface area contributed by atoms with E-state index in [-0.39, 0.29) is 11.9 Å². The van der Waals surface area contributed by atoms with Gasteiger partial charge in [-0.1, -0.05) is 17.7 Å². The average molecular weight is 393 g/mol. The van der Waals surface area contributed by atoms with Gasteiger partial charge in [0.15, 0.2) is 11.6 Å². The third-order valence-electron chi connectivity index (χ3n) is 5.13. The molecule has 0 saturated carbocycles. The predicted octanol–water partition coefficient (Wildman–Crippen LogP) is 3.46. The molecule has 0 unspecified atom stereocenters. The molecule has 4 heterocycles. The number of pyridine rings is 1. The number of fused-ring (bicyclic) bond motifs is 2. The fraction of sp³-hybridized carbons (Fsp3) is 0.200. The summed E-state index contributed by atoms with van der Waals surface area (Å²) in [5.74, 6) is 1.46. The molecule has 8 heteroatoms. The van der Waals surface area contributed by atoms with Crippen molar-refractivity contribution < 1.29 is 4.79 Å². The quantitative estimate of drug-likeness (QED) is 0.524. The highest BCUT2D eigenvalue weighted by atomic mass is 35.5. The summed E-state index contributed by atoms with van der Waals surface area (Å²) < 4.78 is 4.01. The van der Waals surface area contributed by atoms with E-state index in [1.54, 1.807) is 24.3 Å². The maximum Gasteiger partial charge on any atom is 0.254 e. The third kappa shape index (κ3) is 2.66. The van der Waals surface area contributed by atoms with Crippen molar-refractivity contribution in [3.8, 4) is 11.5 Å². The molecule has 1 aliphatic heterocycles. The lowest BCUT2D eigenvalue weighted by atomic mass is 10.1. The maximum absolute atomic E-state index is 12.9. The summed E-state index contributed by atoms with van der Waals surface area (Å²) >= 11 is 5.93. The lowest BCUT2D eigenvalue weighted by Gasteiger charge is -2.33. The number of halogens is 1. The molecule has 5 rings (SSSR count). The predicted molar refractivity (Wildman–Crippen MR) is 105 cm³/mol. The molecule has 140 valence electrons. The molecular weight excluding hydrogens is 376 g/mol. The fourth-order valence-corrected chi connectivity index (χ4v) is 3.78. The topological polar surface area (TPSA) is 68.3 Å². The van der Waals surface area contributed by atoms with Crippen LogP contribution in [0.5, 0.6) is 0 Å². The highest BCUT2D eigenvalue weighted by Crippen LogP contribution is 2.29. The molecule has 0 N–H and O–H groups in total. The lowest BCUT2D eigenvalue weighted by molar-refractivity contribution is 0.0638. The van der Waals surface area contributed by atoms with Gasteiger partial charge in [-0.25, -0.2) is 4.98 Å². The lowest BCUT2D eigenvalue weighted by Crippen LogP contribution is -2.41. The standard InChI is InChI=1S/C20H17ClN6O/c1-13-18-23-24-19(16-12-25-9-3-2-4-17(25)22-16)27(18)11-10-26(13)20(28)14-5-7-15(21)8-6-14/h2-9,12-13H,10-11H2,1H3/t13-/m1/s1. The van der Waals surface area contributed by atoms with Crippen LogP contribution in [0.4, 0.5) is 0 Å². The number of aromatic nitrogens is 5.